The standard InChI is InChI=1S/C4H5N3/c5-4-6-2-1-3-7-4/h2-3,5H,1H2. The molecule has 0 aromatic carbocycles. The van der Waals surface area contributed by atoms with Gasteiger partial charge in [-0.25, -0.2) is 9.98 Å². The minimum absolute atomic E-state index is 0.103. The Kier molecular flexibility index (Phi) is 0.978. The predicted molar refractivity (Wildman–Crippen MR) is 29.3 cm³/mol. The lowest BCUT2D eigenvalue weighted by Gasteiger charge is -1.89. The zero-order chi connectivity index (χ0) is 5.11. The average molecular weight is 95.1 g/mol. The fraction of sp³-hybridized carbons (Fsp3) is 0.250. The number of guanidine groups is 1. The smallest absolute Gasteiger partial charge is 0.241 e. The maximum absolute atomic E-state index is 6.79. The first-order valence-corrected chi connectivity index (χ1v) is 2.03. The van der Waals surface area contributed by atoms with Crippen molar-refractivity contribution in [2.75, 3.05) is 0 Å². The highest BCUT2D eigenvalue weighted by Crippen LogP contribution is 1.83. The molecule has 7 heavy (non-hydrogen) atoms. The summed E-state index contributed by atoms with van der Waals surface area (Å²) in [6.45, 7) is 0. The van der Waals surface area contributed by atoms with Crippen molar-refractivity contribution in [3.8, 4) is 0 Å². The van der Waals surface area contributed by atoms with Gasteiger partial charge in [0.25, 0.3) is 0 Å². The van der Waals surface area contributed by atoms with Crippen molar-refractivity contribution >= 4 is 18.4 Å². The van der Waals surface area contributed by atoms with E-state index in [2.05, 4.69) is 9.98 Å². The van der Waals surface area contributed by atoms with E-state index in [0.29, 0.717) is 0 Å². The largest absolute Gasteiger partial charge is 0.266 e. The molecule has 1 aliphatic rings. The van der Waals surface area contributed by atoms with Gasteiger partial charge in [-0.1, -0.05) is 0 Å². The summed E-state index contributed by atoms with van der Waals surface area (Å²) in [4.78, 5) is 7.18. The molecular formula is C4H5N3. The van der Waals surface area contributed by atoms with E-state index in [1.807, 2.05) is 0 Å². The lowest BCUT2D eigenvalue weighted by atomic mass is 10.5. The molecule has 1 aliphatic heterocycles. The molecule has 1 N–H and O–H groups in total. The number of nitrogens with zero attached hydrogens (tertiary/aromatic N) is 2. The molecule has 0 bridgehead atoms. The molecule has 0 saturated heterocycles. The van der Waals surface area contributed by atoms with Crippen LogP contribution in [0.15, 0.2) is 9.98 Å². The van der Waals surface area contributed by atoms with Crippen LogP contribution >= 0.6 is 0 Å². The van der Waals surface area contributed by atoms with Crippen LogP contribution < -0.4 is 0 Å². The highest BCUT2D eigenvalue weighted by molar-refractivity contribution is 5.99. The van der Waals surface area contributed by atoms with Crippen LogP contribution in [0.2, 0.25) is 0 Å². The quantitative estimate of drug-likeness (QED) is 0.454. The molecule has 0 spiro atoms. The van der Waals surface area contributed by atoms with E-state index >= 15 is 0 Å². The van der Waals surface area contributed by atoms with E-state index in [0.717, 1.165) is 6.42 Å². The Balaban J connectivity index is 2.66. The Hall–Kier alpha value is -0.990. The van der Waals surface area contributed by atoms with Gasteiger partial charge in [-0.2, -0.15) is 0 Å². The van der Waals surface area contributed by atoms with Crippen LogP contribution in [0.4, 0.5) is 0 Å². The van der Waals surface area contributed by atoms with Crippen molar-refractivity contribution in [1.82, 2.24) is 0 Å². The third-order valence-corrected chi connectivity index (χ3v) is 0.638. The highest BCUT2D eigenvalue weighted by Gasteiger charge is 1.87. The van der Waals surface area contributed by atoms with Crippen molar-refractivity contribution in [3.63, 3.8) is 0 Å². The second kappa shape index (κ2) is 1.64. The summed E-state index contributed by atoms with van der Waals surface area (Å²) in [5.41, 5.74) is 0. The highest BCUT2D eigenvalue weighted by atomic mass is 15.0. The molecule has 0 atom stereocenters. The first-order chi connectivity index (χ1) is 3.39. The molecule has 0 aromatic heterocycles. The first-order valence-electron chi connectivity index (χ1n) is 2.03. The fourth-order valence-electron chi connectivity index (χ4n) is 0.359. The van der Waals surface area contributed by atoms with Crippen molar-refractivity contribution in [1.29, 1.82) is 5.41 Å². The topological polar surface area (TPSA) is 48.6 Å². The van der Waals surface area contributed by atoms with E-state index in [-0.39, 0.29) is 5.96 Å². The molecule has 0 amide bonds. The molecule has 36 valence electrons. The predicted octanol–water partition coefficient (Wildman–Crippen LogP) is 0.466. The van der Waals surface area contributed by atoms with Gasteiger partial charge in [0.15, 0.2) is 0 Å². The third-order valence-electron chi connectivity index (χ3n) is 0.638. The van der Waals surface area contributed by atoms with Crippen LogP contribution in [0.1, 0.15) is 6.42 Å². The van der Waals surface area contributed by atoms with Gasteiger partial charge in [-0.15, -0.1) is 0 Å². The van der Waals surface area contributed by atoms with Crippen LogP contribution in [0.25, 0.3) is 0 Å². The Morgan fingerprint density at radius 3 is 2.29 bits per heavy atom. The zero-order valence-electron chi connectivity index (χ0n) is 3.76. The molecule has 1 rings (SSSR count). The van der Waals surface area contributed by atoms with Gasteiger partial charge >= 0.3 is 0 Å². The number of rotatable bonds is 0. The summed E-state index contributed by atoms with van der Waals surface area (Å²) >= 11 is 0. The summed E-state index contributed by atoms with van der Waals surface area (Å²) in [6.07, 6.45) is 4.09. The molecule has 0 fully saturated rings. The van der Waals surface area contributed by atoms with E-state index in [1.165, 1.54) is 0 Å². The molecule has 1 heterocycles. The van der Waals surface area contributed by atoms with Crippen LogP contribution in [0.3, 0.4) is 0 Å². The van der Waals surface area contributed by atoms with Gasteiger partial charge in [-0.3, -0.25) is 5.41 Å². The normalized spacial score (nSPS) is 18.0. The van der Waals surface area contributed by atoms with Gasteiger partial charge < -0.3 is 0 Å². The molecule has 0 aliphatic carbocycles. The third kappa shape index (κ3) is 0.924. The molecule has 3 nitrogen and oxygen atoms in total. The van der Waals surface area contributed by atoms with Crippen LogP contribution in [-0.4, -0.2) is 18.4 Å². The molecule has 0 aromatic rings. The summed E-state index contributed by atoms with van der Waals surface area (Å²) in [5.74, 6) is 0.103. The van der Waals surface area contributed by atoms with E-state index < -0.39 is 0 Å². The summed E-state index contributed by atoms with van der Waals surface area (Å²) in [7, 11) is 0. The van der Waals surface area contributed by atoms with E-state index in [9.17, 15) is 0 Å². The van der Waals surface area contributed by atoms with Crippen LogP contribution in [-0.2, 0) is 0 Å². The Morgan fingerprint density at radius 1 is 1.43 bits per heavy atom. The van der Waals surface area contributed by atoms with E-state index in [4.69, 9.17) is 5.41 Å². The first kappa shape index (κ1) is 4.18. The Morgan fingerprint density at radius 2 is 2.00 bits per heavy atom. The maximum atomic E-state index is 6.79. The summed E-state index contributed by atoms with van der Waals surface area (Å²) in [6, 6.07) is 0. The van der Waals surface area contributed by atoms with Crippen molar-refractivity contribution < 1.29 is 0 Å². The fourth-order valence-corrected chi connectivity index (χ4v) is 0.359. The van der Waals surface area contributed by atoms with Gasteiger partial charge in [0.05, 0.1) is 0 Å². The van der Waals surface area contributed by atoms with Gasteiger partial charge in [-0.05, 0) is 0 Å². The van der Waals surface area contributed by atoms with Crippen LogP contribution in [0.5, 0.6) is 0 Å². The monoisotopic (exact) mass is 95.0 g/mol. The molecular weight excluding hydrogens is 90.1 g/mol. The molecule has 0 radical (unpaired) electrons. The number of nitrogens with one attached hydrogen (secondary N) is 1. The van der Waals surface area contributed by atoms with Gasteiger partial charge in [0, 0.05) is 18.9 Å². The van der Waals surface area contributed by atoms with Gasteiger partial charge in [0.1, 0.15) is 0 Å². The van der Waals surface area contributed by atoms with Gasteiger partial charge in [0.2, 0.25) is 5.96 Å². The minimum Gasteiger partial charge on any atom is -0.266 e. The minimum atomic E-state index is 0.103. The Bertz CT molecular complexity index is 120. The summed E-state index contributed by atoms with van der Waals surface area (Å²) in [5, 5.41) is 6.79. The maximum Gasteiger partial charge on any atom is 0.241 e. The number of aliphatic imine (C=N–C) groups is 2. The van der Waals surface area contributed by atoms with Crippen molar-refractivity contribution in [2.24, 2.45) is 9.98 Å². The summed E-state index contributed by atoms with van der Waals surface area (Å²) < 4.78 is 0. The second-order valence-electron chi connectivity index (χ2n) is 1.18. The number of hydrogen-bond donors (Lipinski definition) is 1. The molecule has 0 unspecified atom stereocenters. The zero-order valence-corrected chi connectivity index (χ0v) is 3.76. The second-order valence-corrected chi connectivity index (χ2v) is 1.18. The van der Waals surface area contributed by atoms with E-state index in [1.54, 1.807) is 12.4 Å². The SMILES string of the molecule is N=C1N=CCC=N1. The average Bonchev–Trinajstić information content (AvgIpc) is 1.69. The lowest BCUT2D eigenvalue weighted by Crippen LogP contribution is -1.94. The Labute approximate surface area is 41.3 Å². The number of hydrogen-bond acceptors (Lipinski definition) is 1. The van der Waals surface area contributed by atoms with Crippen LogP contribution in [0, 0.1) is 5.41 Å². The lowest BCUT2D eigenvalue weighted by molar-refractivity contribution is 1.35. The molecule has 0 saturated carbocycles. The molecule has 3 heteroatoms. The van der Waals surface area contributed by atoms with Crippen molar-refractivity contribution in [2.45, 2.75) is 6.42 Å². The van der Waals surface area contributed by atoms with Crippen molar-refractivity contribution in [3.05, 3.63) is 0 Å².